The predicted octanol–water partition coefficient (Wildman–Crippen LogP) is 3.78. The third-order valence-corrected chi connectivity index (χ3v) is 5.11. The fourth-order valence-corrected chi connectivity index (χ4v) is 3.46. The lowest BCUT2D eigenvalue weighted by Crippen LogP contribution is -2.34. The van der Waals surface area contributed by atoms with Gasteiger partial charge in [0.05, 0.1) is 0 Å². The lowest BCUT2D eigenvalue weighted by atomic mass is 10.00. The van der Waals surface area contributed by atoms with Crippen LogP contribution in [0, 0.1) is 5.82 Å². The molecule has 6 heteroatoms. The molecular formula is C23H23FN4O. The summed E-state index contributed by atoms with van der Waals surface area (Å²) in [6, 6.07) is 18.5. The molecule has 0 saturated heterocycles. The van der Waals surface area contributed by atoms with E-state index in [-0.39, 0.29) is 18.4 Å². The molecule has 2 amide bonds. The topological polar surface area (TPSA) is 57.3 Å². The first-order valence-electron chi connectivity index (χ1n) is 9.71. The molecule has 4 rings (SSSR count). The van der Waals surface area contributed by atoms with Gasteiger partial charge >= 0.3 is 6.03 Å². The maximum atomic E-state index is 13.6. The first-order chi connectivity index (χ1) is 14.2. The monoisotopic (exact) mass is 390 g/mol. The van der Waals surface area contributed by atoms with Crippen LogP contribution < -0.4 is 15.5 Å². The Morgan fingerprint density at radius 1 is 0.966 bits per heavy atom. The van der Waals surface area contributed by atoms with Crippen molar-refractivity contribution in [2.24, 2.45) is 0 Å². The van der Waals surface area contributed by atoms with Crippen molar-refractivity contribution < 1.29 is 9.18 Å². The van der Waals surface area contributed by atoms with Crippen molar-refractivity contribution in [3.05, 3.63) is 94.9 Å². The molecule has 0 fully saturated rings. The number of benzene rings is 2. The molecule has 1 aromatic heterocycles. The highest BCUT2D eigenvalue weighted by Gasteiger charge is 2.16. The van der Waals surface area contributed by atoms with Gasteiger partial charge in [0.15, 0.2) is 0 Å². The van der Waals surface area contributed by atoms with Gasteiger partial charge in [-0.2, -0.15) is 0 Å². The number of fused-ring (bicyclic) bond motifs is 1. The second-order valence-corrected chi connectivity index (χ2v) is 7.09. The zero-order chi connectivity index (χ0) is 20.1. The first-order valence-corrected chi connectivity index (χ1v) is 9.71. The van der Waals surface area contributed by atoms with Crippen molar-refractivity contribution in [3.63, 3.8) is 0 Å². The maximum Gasteiger partial charge on any atom is 0.315 e. The van der Waals surface area contributed by atoms with Crippen molar-refractivity contribution in [2.45, 2.75) is 26.1 Å². The van der Waals surface area contributed by atoms with Crippen molar-refractivity contribution in [2.75, 3.05) is 11.4 Å². The Morgan fingerprint density at radius 3 is 2.52 bits per heavy atom. The number of amides is 2. The summed E-state index contributed by atoms with van der Waals surface area (Å²) < 4.78 is 13.6. The average Bonchev–Trinajstić information content (AvgIpc) is 2.77. The van der Waals surface area contributed by atoms with E-state index in [0.717, 1.165) is 30.9 Å². The summed E-state index contributed by atoms with van der Waals surface area (Å²) in [6.07, 6.45) is 2.80. The van der Waals surface area contributed by atoms with Crippen LogP contribution in [0.4, 0.5) is 15.0 Å². The number of urea groups is 1. The second kappa shape index (κ2) is 8.73. The molecule has 0 saturated carbocycles. The SMILES string of the molecule is O=C(NCc1ccc(N2CCc3ccccc3C2)nc1)NCc1ccccc1F. The van der Waals surface area contributed by atoms with Crippen LogP contribution in [-0.2, 0) is 26.1 Å². The molecule has 2 heterocycles. The number of anilines is 1. The zero-order valence-corrected chi connectivity index (χ0v) is 16.1. The van der Waals surface area contributed by atoms with E-state index < -0.39 is 0 Å². The zero-order valence-electron chi connectivity index (χ0n) is 16.1. The molecule has 0 unspecified atom stereocenters. The average molecular weight is 390 g/mol. The van der Waals surface area contributed by atoms with E-state index in [9.17, 15) is 9.18 Å². The van der Waals surface area contributed by atoms with E-state index in [1.165, 1.54) is 17.2 Å². The fraction of sp³-hybridized carbons (Fsp3) is 0.217. The molecule has 0 atom stereocenters. The van der Waals surface area contributed by atoms with Gasteiger partial charge in [0.2, 0.25) is 0 Å². The normalized spacial score (nSPS) is 12.9. The summed E-state index contributed by atoms with van der Waals surface area (Å²) in [5.41, 5.74) is 4.12. The molecule has 0 spiro atoms. The molecule has 2 aromatic carbocycles. The van der Waals surface area contributed by atoms with E-state index in [0.29, 0.717) is 12.1 Å². The van der Waals surface area contributed by atoms with Gasteiger partial charge in [-0.05, 0) is 35.2 Å². The first kappa shape index (κ1) is 18.9. The molecule has 0 aliphatic carbocycles. The number of hydrogen-bond acceptors (Lipinski definition) is 3. The maximum absolute atomic E-state index is 13.6. The van der Waals surface area contributed by atoms with Crippen molar-refractivity contribution in [1.82, 2.24) is 15.6 Å². The standard InChI is InChI=1S/C23H23FN4O/c24-21-8-4-3-6-19(21)15-27-23(29)26-14-17-9-10-22(25-13-17)28-12-11-18-5-1-2-7-20(18)16-28/h1-10,13H,11-12,14-16H2,(H2,26,27,29). The number of nitrogens with zero attached hydrogens (tertiary/aromatic N) is 2. The van der Waals surface area contributed by atoms with Gasteiger partial charge in [-0.25, -0.2) is 14.2 Å². The Labute approximate surface area is 169 Å². The number of aromatic nitrogens is 1. The Morgan fingerprint density at radius 2 is 1.72 bits per heavy atom. The van der Waals surface area contributed by atoms with Gasteiger partial charge in [-0.15, -0.1) is 0 Å². The minimum absolute atomic E-state index is 0.145. The third kappa shape index (κ3) is 4.71. The van der Waals surface area contributed by atoms with Gasteiger partial charge in [0, 0.05) is 37.9 Å². The Kier molecular flexibility index (Phi) is 5.70. The highest BCUT2D eigenvalue weighted by molar-refractivity contribution is 5.73. The third-order valence-electron chi connectivity index (χ3n) is 5.11. The van der Waals surface area contributed by atoms with Crippen LogP contribution in [0.25, 0.3) is 0 Å². The summed E-state index contributed by atoms with van der Waals surface area (Å²) in [7, 11) is 0. The summed E-state index contributed by atoms with van der Waals surface area (Å²) in [4.78, 5) is 18.8. The van der Waals surface area contributed by atoms with Crippen LogP contribution in [0.15, 0.2) is 66.9 Å². The van der Waals surface area contributed by atoms with Crippen LogP contribution in [0.3, 0.4) is 0 Å². The van der Waals surface area contributed by atoms with Crippen LogP contribution in [0.2, 0.25) is 0 Å². The highest BCUT2D eigenvalue weighted by Crippen LogP contribution is 2.22. The number of carbonyl (C=O) groups is 1. The van der Waals surface area contributed by atoms with Crippen LogP contribution in [-0.4, -0.2) is 17.6 Å². The van der Waals surface area contributed by atoms with Gasteiger partial charge in [0.1, 0.15) is 11.6 Å². The Bertz CT molecular complexity index is 990. The molecule has 0 radical (unpaired) electrons. The van der Waals surface area contributed by atoms with Crippen molar-refractivity contribution >= 4 is 11.8 Å². The number of halogens is 1. The molecule has 2 N–H and O–H groups in total. The molecule has 148 valence electrons. The summed E-state index contributed by atoms with van der Waals surface area (Å²) in [5.74, 6) is 0.611. The largest absolute Gasteiger partial charge is 0.352 e. The van der Waals surface area contributed by atoms with E-state index in [1.54, 1.807) is 24.4 Å². The molecule has 0 bridgehead atoms. The summed E-state index contributed by atoms with van der Waals surface area (Å²) in [6.45, 7) is 2.31. The number of carbonyl (C=O) groups excluding carboxylic acids is 1. The summed E-state index contributed by atoms with van der Waals surface area (Å²) >= 11 is 0. The smallest absolute Gasteiger partial charge is 0.315 e. The molecule has 1 aliphatic heterocycles. The van der Waals surface area contributed by atoms with Crippen LogP contribution >= 0.6 is 0 Å². The van der Waals surface area contributed by atoms with Gasteiger partial charge in [0.25, 0.3) is 0 Å². The van der Waals surface area contributed by atoms with E-state index in [1.807, 2.05) is 12.1 Å². The minimum atomic E-state index is -0.343. The number of rotatable bonds is 5. The predicted molar refractivity (Wildman–Crippen MR) is 111 cm³/mol. The van der Waals surface area contributed by atoms with E-state index >= 15 is 0 Å². The van der Waals surface area contributed by atoms with E-state index in [2.05, 4.69) is 44.8 Å². The van der Waals surface area contributed by atoms with E-state index in [4.69, 9.17) is 0 Å². The highest BCUT2D eigenvalue weighted by atomic mass is 19.1. The molecule has 5 nitrogen and oxygen atoms in total. The molecule has 3 aromatic rings. The lowest BCUT2D eigenvalue weighted by Gasteiger charge is -2.29. The quantitative estimate of drug-likeness (QED) is 0.697. The molecular weight excluding hydrogens is 367 g/mol. The second-order valence-electron chi connectivity index (χ2n) is 7.09. The number of nitrogens with one attached hydrogen (secondary N) is 2. The number of hydrogen-bond donors (Lipinski definition) is 2. The van der Waals surface area contributed by atoms with Gasteiger partial charge in [-0.1, -0.05) is 48.5 Å². The minimum Gasteiger partial charge on any atom is -0.352 e. The van der Waals surface area contributed by atoms with Crippen molar-refractivity contribution in [1.29, 1.82) is 0 Å². The van der Waals surface area contributed by atoms with Gasteiger partial charge in [-0.3, -0.25) is 0 Å². The molecule has 29 heavy (non-hydrogen) atoms. The van der Waals surface area contributed by atoms with Crippen LogP contribution in [0.1, 0.15) is 22.3 Å². The Balaban J connectivity index is 1.27. The summed E-state index contributed by atoms with van der Waals surface area (Å²) in [5, 5.41) is 5.44. The van der Waals surface area contributed by atoms with Crippen molar-refractivity contribution in [3.8, 4) is 0 Å². The van der Waals surface area contributed by atoms with Gasteiger partial charge < -0.3 is 15.5 Å². The van der Waals surface area contributed by atoms with Crippen LogP contribution in [0.5, 0.6) is 0 Å². The fourth-order valence-electron chi connectivity index (χ4n) is 3.46. The Hall–Kier alpha value is -3.41. The molecule has 1 aliphatic rings. The number of pyridine rings is 1. The lowest BCUT2D eigenvalue weighted by molar-refractivity contribution is 0.240.